The van der Waals surface area contributed by atoms with E-state index in [0.717, 1.165) is 11.1 Å². The van der Waals surface area contributed by atoms with E-state index in [1.165, 1.54) is 34.6 Å². The molecule has 39 heavy (non-hydrogen) atoms. The monoisotopic (exact) mass is 579 g/mol. The van der Waals surface area contributed by atoms with Gasteiger partial charge in [-0.15, -0.1) is 0 Å². The molecule has 1 N–H and O–H groups in total. The van der Waals surface area contributed by atoms with Crippen molar-refractivity contribution in [2.24, 2.45) is 0 Å². The second-order valence-corrected chi connectivity index (χ2v) is 11.3. The number of nitrogens with zero attached hydrogens (tertiary/aromatic N) is 2. The molecular weight excluding hydrogens is 557 g/mol. The fourth-order valence-electron chi connectivity index (χ4n) is 3.67. The van der Waals surface area contributed by atoms with Crippen LogP contribution in [0.25, 0.3) is 6.08 Å². The van der Waals surface area contributed by atoms with Gasteiger partial charge in [0.25, 0.3) is 5.91 Å². The van der Waals surface area contributed by atoms with E-state index in [2.05, 4.69) is 5.32 Å². The van der Waals surface area contributed by atoms with Gasteiger partial charge in [0.05, 0.1) is 11.4 Å². The SMILES string of the molecule is N#C/C(=C/c1ccc(CN(Cc2ccc(Cl)cc2)S(=O)(=O)c2ccc(Cl)cc2)o1)C(=O)NCc1ccccc1. The molecule has 10 heteroatoms. The summed E-state index contributed by atoms with van der Waals surface area (Å²) in [4.78, 5) is 12.6. The quantitative estimate of drug-likeness (QED) is 0.178. The highest BCUT2D eigenvalue weighted by molar-refractivity contribution is 7.89. The zero-order chi connectivity index (χ0) is 27.8. The van der Waals surface area contributed by atoms with Crippen molar-refractivity contribution in [1.29, 1.82) is 5.26 Å². The summed E-state index contributed by atoms with van der Waals surface area (Å²) in [5.74, 6) is 0.0236. The van der Waals surface area contributed by atoms with Crippen molar-refractivity contribution >= 4 is 45.2 Å². The van der Waals surface area contributed by atoms with E-state index in [9.17, 15) is 18.5 Å². The van der Waals surface area contributed by atoms with Crippen LogP contribution >= 0.6 is 23.2 Å². The Bertz CT molecular complexity index is 1610. The molecule has 0 aliphatic rings. The van der Waals surface area contributed by atoms with Crippen molar-refractivity contribution in [2.45, 2.75) is 24.5 Å². The van der Waals surface area contributed by atoms with Crippen LogP contribution in [0.2, 0.25) is 10.0 Å². The van der Waals surface area contributed by atoms with Crippen LogP contribution in [-0.2, 0) is 34.5 Å². The van der Waals surface area contributed by atoms with Gasteiger partial charge in [-0.1, -0.05) is 65.7 Å². The van der Waals surface area contributed by atoms with Crippen LogP contribution in [0.3, 0.4) is 0 Å². The number of amides is 1. The highest BCUT2D eigenvalue weighted by Crippen LogP contribution is 2.24. The van der Waals surface area contributed by atoms with Crippen LogP contribution in [-0.4, -0.2) is 18.6 Å². The summed E-state index contributed by atoms with van der Waals surface area (Å²) in [5, 5.41) is 13.2. The lowest BCUT2D eigenvalue weighted by molar-refractivity contribution is -0.117. The summed E-state index contributed by atoms with van der Waals surface area (Å²) in [7, 11) is -3.94. The lowest BCUT2D eigenvalue weighted by Crippen LogP contribution is -2.30. The Morgan fingerprint density at radius 3 is 2.15 bits per heavy atom. The Morgan fingerprint density at radius 1 is 0.872 bits per heavy atom. The van der Waals surface area contributed by atoms with E-state index in [-0.39, 0.29) is 35.9 Å². The number of nitrogens with one attached hydrogen (secondary N) is 1. The third-order valence-electron chi connectivity index (χ3n) is 5.69. The van der Waals surface area contributed by atoms with Gasteiger partial charge in [0.1, 0.15) is 23.2 Å². The minimum Gasteiger partial charge on any atom is -0.460 e. The zero-order valence-electron chi connectivity index (χ0n) is 20.6. The van der Waals surface area contributed by atoms with Gasteiger partial charge < -0.3 is 9.73 Å². The fraction of sp³-hybridized carbons (Fsp3) is 0.103. The van der Waals surface area contributed by atoms with E-state index in [1.807, 2.05) is 36.4 Å². The summed E-state index contributed by atoms with van der Waals surface area (Å²) in [5.41, 5.74) is 1.48. The van der Waals surface area contributed by atoms with Gasteiger partial charge in [-0.3, -0.25) is 4.79 Å². The molecule has 0 atom stereocenters. The molecule has 1 aromatic heterocycles. The van der Waals surface area contributed by atoms with Crippen molar-refractivity contribution in [2.75, 3.05) is 0 Å². The van der Waals surface area contributed by atoms with Crippen LogP contribution < -0.4 is 5.32 Å². The molecular formula is C29H23Cl2N3O4S. The van der Waals surface area contributed by atoms with Crippen molar-refractivity contribution in [3.8, 4) is 6.07 Å². The standard InChI is InChI=1S/C29H23Cl2N3O4S/c30-24-8-6-22(7-9-24)19-34(39(36,37)28-14-10-25(31)11-15-28)20-27-13-12-26(38-27)16-23(17-32)29(35)33-18-21-4-2-1-3-5-21/h1-16H,18-20H2,(H,33,35)/b23-16-. The molecule has 0 saturated heterocycles. The second-order valence-electron chi connectivity index (χ2n) is 8.50. The first-order valence-electron chi connectivity index (χ1n) is 11.8. The molecule has 0 aliphatic carbocycles. The Morgan fingerprint density at radius 2 is 1.51 bits per heavy atom. The third kappa shape index (κ3) is 7.59. The summed E-state index contributed by atoms with van der Waals surface area (Å²) < 4.78 is 34.1. The second kappa shape index (κ2) is 12.8. The fourth-order valence-corrected chi connectivity index (χ4v) is 5.32. The van der Waals surface area contributed by atoms with Crippen molar-refractivity contribution in [3.05, 3.63) is 129 Å². The predicted molar refractivity (Wildman–Crippen MR) is 150 cm³/mol. The van der Waals surface area contributed by atoms with Gasteiger partial charge in [0, 0.05) is 29.2 Å². The number of furan rings is 1. The largest absolute Gasteiger partial charge is 0.460 e. The summed E-state index contributed by atoms with van der Waals surface area (Å²) in [6.07, 6.45) is 1.32. The topological polar surface area (TPSA) is 103 Å². The number of rotatable bonds is 10. The first-order chi connectivity index (χ1) is 18.7. The smallest absolute Gasteiger partial charge is 0.262 e. The van der Waals surface area contributed by atoms with Gasteiger partial charge in [0.15, 0.2) is 0 Å². The molecule has 1 amide bonds. The molecule has 0 bridgehead atoms. The van der Waals surface area contributed by atoms with Gasteiger partial charge in [-0.05, 0) is 59.7 Å². The maximum Gasteiger partial charge on any atom is 0.262 e. The van der Waals surface area contributed by atoms with Crippen LogP contribution in [0.4, 0.5) is 0 Å². The number of hydrogen-bond donors (Lipinski definition) is 1. The highest BCUT2D eigenvalue weighted by atomic mass is 35.5. The normalized spacial score (nSPS) is 11.8. The first kappa shape index (κ1) is 28.1. The molecule has 4 rings (SSSR count). The molecule has 0 radical (unpaired) electrons. The number of sulfonamides is 1. The van der Waals surface area contributed by atoms with Gasteiger partial charge in [-0.25, -0.2) is 8.42 Å². The van der Waals surface area contributed by atoms with E-state index in [4.69, 9.17) is 27.6 Å². The number of nitriles is 1. The number of carbonyl (C=O) groups excluding carboxylic acids is 1. The van der Waals surface area contributed by atoms with Gasteiger partial charge >= 0.3 is 0 Å². The number of halogens is 2. The lowest BCUT2D eigenvalue weighted by atomic mass is 10.2. The average Bonchev–Trinajstić information content (AvgIpc) is 3.39. The lowest BCUT2D eigenvalue weighted by Gasteiger charge is -2.21. The van der Waals surface area contributed by atoms with Crippen molar-refractivity contribution in [1.82, 2.24) is 9.62 Å². The minimum absolute atomic E-state index is 0.0549. The molecule has 0 saturated carbocycles. The molecule has 7 nitrogen and oxygen atoms in total. The maximum absolute atomic E-state index is 13.5. The Hall–Kier alpha value is -3.87. The molecule has 0 fully saturated rings. The maximum atomic E-state index is 13.5. The summed E-state index contributed by atoms with van der Waals surface area (Å²) in [6, 6.07) is 27.2. The van der Waals surface area contributed by atoms with Crippen molar-refractivity contribution < 1.29 is 17.6 Å². The van der Waals surface area contributed by atoms with Gasteiger partial charge in [0.2, 0.25) is 10.0 Å². The highest BCUT2D eigenvalue weighted by Gasteiger charge is 2.26. The zero-order valence-corrected chi connectivity index (χ0v) is 22.9. The van der Waals surface area contributed by atoms with Crippen LogP contribution in [0.15, 0.2) is 106 Å². The van der Waals surface area contributed by atoms with Gasteiger partial charge in [-0.2, -0.15) is 9.57 Å². The Kier molecular flexibility index (Phi) is 9.23. The molecule has 198 valence electrons. The summed E-state index contributed by atoms with van der Waals surface area (Å²) >= 11 is 11.9. The molecule has 0 spiro atoms. The van der Waals surface area contributed by atoms with E-state index in [0.29, 0.717) is 15.8 Å². The Balaban J connectivity index is 1.54. The van der Waals surface area contributed by atoms with Crippen LogP contribution in [0.1, 0.15) is 22.6 Å². The predicted octanol–water partition coefficient (Wildman–Crippen LogP) is 6.20. The van der Waals surface area contributed by atoms with Crippen LogP contribution in [0, 0.1) is 11.3 Å². The minimum atomic E-state index is -3.94. The number of benzene rings is 3. The molecule has 1 heterocycles. The molecule has 0 unspecified atom stereocenters. The summed E-state index contributed by atoms with van der Waals surface area (Å²) in [6.45, 7) is 0.229. The number of carbonyl (C=O) groups is 1. The Labute approximate surface area is 236 Å². The average molecular weight is 580 g/mol. The van der Waals surface area contributed by atoms with E-state index >= 15 is 0 Å². The molecule has 4 aromatic rings. The molecule has 3 aromatic carbocycles. The third-order valence-corrected chi connectivity index (χ3v) is 8.00. The van der Waals surface area contributed by atoms with Crippen molar-refractivity contribution in [3.63, 3.8) is 0 Å². The van der Waals surface area contributed by atoms with Crippen LogP contribution in [0.5, 0.6) is 0 Å². The molecule has 0 aliphatic heterocycles. The van der Waals surface area contributed by atoms with E-state index in [1.54, 1.807) is 36.4 Å². The first-order valence-corrected chi connectivity index (χ1v) is 14.0. The van der Waals surface area contributed by atoms with E-state index < -0.39 is 15.9 Å². The number of hydrogen-bond acceptors (Lipinski definition) is 5.